The number of hydrogen-bond donors (Lipinski definition) is 0. The minimum absolute atomic E-state index is 0.0541. The smallest absolute Gasteiger partial charge is 0.387 e. The highest BCUT2D eigenvalue weighted by Gasteiger charge is 2.24. The summed E-state index contributed by atoms with van der Waals surface area (Å²) in [5, 5.41) is 11.0. The summed E-state index contributed by atoms with van der Waals surface area (Å²) in [7, 11) is 0. The van der Waals surface area contributed by atoms with Gasteiger partial charge in [-0.3, -0.25) is 10.1 Å². The molecule has 0 spiro atoms. The third-order valence-corrected chi connectivity index (χ3v) is 4.28. The zero-order valence-electron chi connectivity index (χ0n) is 14.2. The van der Waals surface area contributed by atoms with E-state index < -0.39 is 23.0 Å². The summed E-state index contributed by atoms with van der Waals surface area (Å²) >= 11 is 0. The van der Waals surface area contributed by atoms with Crippen LogP contribution < -0.4 is 14.4 Å². The van der Waals surface area contributed by atoms with E-state index in [0.717, 1.165) is 6.07 Å². The molecule has 0 aliphatic carbocycles. The van der Waals surface area contributed by atoms with Crippen molar-refractivity contribution in [3.8, 4) is 11.5 Å². The van der Waals surface area contributed by atoms with Gasteiger partial charge in [0, 0.05) is 43.8 Å². The van der Waals surface area contributed by atoms with Crippen molar-refractivity contribution in [2.75, 3.05) is 18.0 Å². The highest BCUT2D eigenvalue weighted by atomic mass is 19.3. The second kappa shape index (κ2) is 8.15. The first-order chi connectivity index (χ1) is 12.9. The van der Waals surface area contributed by atoms with Crippen molar-refractivity contribution in [3.63, 3.8) is 0 Å². The lowest BCUT2D eigenvalue weighted by atomic mass is 10.1. The molecule has 0 saturated carbocycles. The van der Waals surface area contributed by atoms with E-state index in [2.05, 4.69) is 4.74 Å². The molecule has 0 aromatic heterocycles. The maximum absolute atomic E-state index is 12.9. The van der Waals surface area contributed by atoms with E-state index in [1.54, 1.807) is 12.1 Å². The van der Waals surface area contributed by atoms with Crippen LogP contribution in [0.25, 0.3) is 0 Å². The van der Waals surface area contributed by atoms with Crippen molar-refractivity contribution in [2.45, 2.75) is 25.6 Å². The Morgan fingerprint density at radius 1 is 1.11 bits per heavy atom. The average molecular weight is 382 g/mol. The number of nitro groups is 1. The van der Waals surface area contributed by atoms with Crippen molar-refractivity contribution in [1.29, 1.82) is 0 Å². The van der Waals surface area contributed by atoms with Gasteiger partial charge in [0.2, 0.25) is 5.75 Å². The fourth-order valence-corrected chi connectivity index (χ4v) is 2.98. The van der Waals surface area contributed by atoms with Crippen LogP contribution in [0.2, 0.25) is 0 Å². The summed E-state index contributed by atoms with van der Waals surface area (Å²) in [6, 6.07) is 9.70. The van der Waals surface area contributed by atoms with Crippen LogP contribution in [0.3, 0.4) is 0 Å². The lowest BCUT2D eigenvalue weighted by molar-refractivity contribution is -0.386. The van der Waals surface area contributed by atoms with Crippen LogP contribution in [0, 0.1) is 15.9 Å². The van der Waals surface area contributed by atoms with Gasteiger partial charge in [0.05, 0.1) is 4.92 Å². The standard InChI is InChI=1S/C18H17F3N2O4/c19-12-1-4-14(5-2-12)26-15-7-9-22(10-8-15)13-3-6-16(23(24)25)17(11-13)27-18(20)21/h1-6,11,15,18H,7-10H2. The number of halogens is 3. The number of ether oxygens (including phenoxy) is 2. The Balaban J connectivity index is 1.64. The van der Waals surface area contributed by atoms with E-state index in [4.69, 9.17) is 4.74 Å². The number of nitro benzene ring substituents is 1. The lowest BCUT2D eigenvalue weighted by Crippen LogP contribution is -2.38. The van der Waals surface area contributed by atoms with Crippen LogP contribution >= 0.6 is 0 Å². The maximum Gasteiger partial charge on any atom is 0.387 e. The molecule has 6 nitrogen and oxygen atoms in total. The fraction of sp³-hybridized carbons (Fsp3) is 0.333. The molecular weight excluding hydrogens is 365 g/mol. The number of benzene rings is 2. The summed E-state index contributed by atoms with van der Waals surface area (Å²) in [6.07, 6.45) is 1.28. The third kappa shape index (κ3) is 4.81. The Morgan fingerprint density at radius 3 is 2.37 bits per heavy atom. The van der Waals surface area contributed by atoms with Gasteiger partial charge < -0.3 is 14.4 Å². The quantitative estimate of drug-likeness (QED) is 0.548. The van der Waals surface area contributed by atoms with E-state index >= 15 is 0 Å². The van der Waals surface area contributed by atoms with Crippen molar-refractivity contribution in [2.24, 2.45) is 0 Å². The zero-order chi connectivity index (χ0) is 19.4. The molecule has 1 aliphatic rings. The first-order valence-electron chi connectivity index (χ1n) is 8.33. The number of piperidine rings is 1. The van der Waals surface area contributed by atoms with Gasteiger partial charge in [0.1, 0.15) is 17.7 Å². The molecule has 0 unspecified atom stereocenters. The van der Waals surface area contributed by atoms with E-state index in [1.165, 1.54) is 24.3 Å². The normalized spacial score (nSPS) is 15.0. The molecule has 1 fully saturated rings. The van der Waals surface area contributed by atoms with Crippen LogP contribution in [-0.4, -0.2) is 30.7 Å². The first-order valence-corrected chi connectivity index (χ1v) is 8.33. The van der Waals surface area contributed by atoms with Crippen LogP contribution in [0.5, 0.6) is 11.5 Å². The Bertz CT molecular complexity index is 794. The van der Waals surface area contributed by atoms with Gasteiger partial charge in [-0.25, -0.2) is 4.39 Å². The summed E-state index contributed by atoms with van der Waals surface area (Å²) in [4.78, 5) is 12.1. The van der Waals surface area contributed by atoms with Gasteiger partial charge >= 0.3 is 12.3 Å². The predicted molar refractivity (Wildman–Crippen MR) is 92.0 cm³/mol. The molecule has 144 valence electrons. The zero-order valence-corrected chi connectivity index (χ0v) is 14.2. The molecule has 1 saturated heterocycles. The second-order valence-electron chi connectivity index (χ2n) is 6.05. The molecule has 2 aromatic carbocycles. The molecule has 0 radical (unpaired) electrons. The van der Waals surface area contributed by atoms with Gasteiger partial charge in [-0.1, -0.05) is 0 Å². The summed E-state index contributed by atoms with van der Waals surface area (Å²) in [5.74, 6) is -0.216. The monoisotopic (exact) mass is 382 g/mol. The average Bonchev–Trinajstić information content (AvgIpc) is 2.63. The molecule has 9 heteroatoms. The highest BCUT2D eigenvalue weighted by molar-refractivity contribution is 5.59. The molecule has 0 atom stereocenters. The van der Waals surface area contributed by atoms with Gasteiger partial charge in [-0.05, 0) is 30.3 Å². The van der Waals surface area contributed by atoms with Crippen molar-refractivity contribution >= 4 is 11.4 Å². The van der Waals surface area contributed by atoms with Gasteiger partial charge in [0.15, 0.2) is 0 Å². The van der Waals surface area contributed by atoms with E-state index in [9.17, 15) is 23.3 Å². The summed E-state index contributed by atoms with van der Waals surface area (Å²) in [6.45, 7) is -1.98. The van der Waals surface area contributed by atoms with Gasteiger partial charge in [-0.15, -0.1) is 0 Å². The molecule has 2 aromatic rings. The molecule has 1 heterocycles. The van der Waals surface area contributed by atoms with Crippen LogP contribution in [0.4, 0.5) is 24.5 Å². The molecule has 0 bridgehead atoms. The van der Waals surface area contributed by atoms with Crippen LogP contribution in [0.15, 0.2) is 42.5 Å². The number of nitrogens with zero attached hydrogens (tertiary/aromatic N) is 2. The van der Waals surface area contributed by atoms with Crippen LogP contribution in [-0.2, 0) is 0 Å². The number of rotatable bonds is 6. The Morgan fingerprint density at radius 2 is 1.78 bits per heavy atom. The Hall–Kier alpha value is -2.97. The molecule has 1 aliphatic heterocycles. The number of hydrogen-bond acceptors (Lipinski definition) is 5. The second-order valence-corrected chi connectivity index (χ2v) is 6.05. The lowest BCUT2D eigenvalue weighted by Gasteiger charge is -2.33. The van der Waals surface area contributed by atoms with E-state index in [0.29, 0.717) is 37.4 Å². The minimum Gasteiger partial charge on any atom is -0.490 e. The Kier molecular flexibility index (Phi) is 5.68. The molecule has 3 rings (SSSR count). The topological polar surface area (TPSA) is 64.8 Å². The largest absolute Gasteiger partial charge is 0.490 e. The maximum atomic E-state index is 12.9. The third-order valence-electron chi connectivity index (χ3n) is 4.28. The van der Waals surface area contributed by atoms with Crippen LogP contribution in [0.1, 0.15) is 12.8 Å². The van der Waals surface area contributed by atoms with E-state index in [-0.39, 0.29) is 11.9 Å². The van der Waals surface area contributed by atoms with Crippen molar-refractivity contribution < 1.29 is 27.6 Å². The van der Waals surface area contributed by atoms with E-state index in [1.807, 2.05) is 4.90 Å². The first kappa shape index (κ1) is 18.8. The molecule has 27 heavy (non-hydrogen) atoms. The molecule has 0 N–H and O–H groups in total. The number of anilines is 1. The SMILES string of the molecule is O=[N+]([O-])c1ccc(N2CCC(Oc3ccc(F)cc3)CC2)cc1OC(F)F. The minimum atomic E-state index is -3.14. The molecule has 0 amide bonds. The molecular formula is C18H17F3N2O4. The predicted octanol–water partition coefficient (Wildman–Crippen LogP) is 4.38. The van der Waals surface area contributed by atoms with Gasteiger partial charge in [-0.2, -0.15) is 8.78 Å². The summed E-state index contributed by atoms with van der Waals surface area (Å²) < 4.78 is 48.1. The summed E-state index contributed by atoms with van der Waals surface area (Å²) in [5.41, 5.74) is 0.0602. The number of alkyl halides is 2. The van der Waals surface area contributed by atoms with Crippen molar-refractivity contribution in [3.05, 3.63) is 58.4 Å². The van der Waals surface area contributed by atoms with Gasteiger partial charge in [0.25, 0.3) is 0 Å². The fourth-order valence-electron chi connectivity index (χ4n) is 2.98. The highest BCUT2D eigenvalue weighted by Crippen LogP contribution is 2.34. The van der Waals surface area contributed by atoms with Crippen molar-refractivity contribution in [1.82, 2.24) is 0 Å². The Labute approximate surface area is 153 Å².